The van der Waals surface area contributed by atoms with Crippen LogP contribution >= 0.6 is 0 Å². The number of pyridine rings is 1. The number of carbonyl (C=O) groups excluding carboxylic acids is 2. The number of aromatic nitrogens is 1. The van der Waals surface area contributed by atoms with E-state index in [-0.39, 0.29) is 49.1 Å². The second kappa shape index (κ2) is 12.4. The average molecular weight is 572 g/mol. The number of para-hydroxylation sites is 1. The Hall–Kier alpha value is -4.75. The summed E-state index contributed by atoms with van der Waals surface area (Å²) in [5.41, 5.74) is 1.92. The molecule has 0 spiro atoms. The lowest BCUT2D eigenvalue weighted by Gasteiger charge is -2.37. The van der Waals surface area contributed by atoms with Crippen LogP contribution in [-0.2, 0) is 0 Å². The Labute approximate surface area is 244 Å². The minimum absolute atomic E-state index is 0.123. The lowest BCUT2D eigenvalue weighted by molar-refractivity contribution is 0.0313. The summed E-state index contributed by atoms with van der Waals surface area (Å²) in [6, 6.07) is 13.7. The highest BCUT2D eigenvalue weighted by Crippen LogP contribution is 2.33. The van der Waals surface area contributed by atoms with Crippen molar-refractivity contribution in [3.05, 3.63) is 77.0 Å². The molecule has 2 aliphatic rings. The highest BCUT2D eigenvalue weighted by atomic mass is 16.7. The Balaban J connectivity index is 1.43. The number of fused-ring (bicyclic) bond motifs is 2. The van der Waals surface area contributed by atoms with Crippen molar-refractivity contribution in [1.82, 2.24) is 14.8 Å². The van der Waals surface area contributed by atoms with E-state index in [0.29, 0.717) is 40.5 Å². The molecule has 3 heterocycles. The fourth-order valence-electron chi connectivity index (χ4n) is 4.88. The van der Waals surface area contributed by atoms with Gasteiger partial charge in [-0.15, -0.1) is 0 Å². The molecule has 0 saturated heterocycles. The number of amides is 2. The number of likely N-dealkylation sites (N-methyl/N-ethyl adjacent to an activating group) is 1. The first-order chi connectivity index (χ1) is 20.3. The Morgan fingerprint density at radius 3 is 2.76 bits per heavy atom. The number of rotatable bonds is 6. The van der Waals surface area contributed by atoms with Gasteiger partial charge in [0, 0.05) is 36.8 Å². The smallest absolute Gasteiger partial charge is 0.259 e. The third-order valence-corrected chi connectivity index (χ3v) is 7.39. The van der Waals surface area contributed by atoms with E-state index < -0.39 is 12.1 Å². The standard InChI is InChI=1S/C32H33N3O7/c1-20-16-35(21(2)18-36)32(38)25-13-22(9-10-23-7-5-6-8-26(23)39-4)15-33-30(25)42-29(20)17-34(3)31(37)24-11-12-27-28(14-24)41-19-40-27/h5-8,11-15,20-21,29,36H,16-19H2,1-4H3/t20-,21+,29-/m1/s1. The van der Waals surface area contributed by atoms with Crippen LogP contribution in [0.5, 0.6) is 23.1 Å². The van der Waals surface area contributed by atoms with Crippen molar-refractivity contribution in [3.63, 3.8) is 0 Å². The predicted molar refractivity (Wildman–Crippen MR) is 154 cm³/mol. The fourth-order valence-corrected chi connectivity index (χ4v) is 4.88. The van der Waals surface area contributed by atoms with Gasteiger partial charge in [-0.2, -0.15) is 0 Å². The summed E-state index contributed by atoms with van der Waals surface area (Å²) >= 11 is 0. The Morgan fingerprint density at radius 1 is 1.19 bits per heavy atom. The van der Waals surface area contributed by atoms with Crippen molar-refractivity contribution >= 4 is 11.8 Å². The maximum Gasteiger partial charge on any atom is 0.259 e. The van der Waals surface area contributed by atoms with E-state index in [1.165, 1.54) is 0 Å². The number of carbonyl (C=O) groups is 2. The SMILES string of the molecule is COc1ccccc1C#Cc1cnc2c(c1)C(=O)N([C@@H](C)CO)C[C@@H](C)[C@@H](CN(C)C(=O)c1ccc3c(c1)OCO3)O2. The van der Waals surface area contributed by atoms with Gasteiger partial charge in [0.2, 0.25) is 12.7 Å². The minimum atomic E-state index is -0.494. The lowest BCUT2D eigenvalue weighted by Crippen LogP contribution is -2.50. The molecular weight excluding hydrogens is 538 g/mol. The van der Waals surface area contributed by atoms with Crippen LogP contribution in [0.3, 0.4) is 0 Å². The van der Waals surface area contributed by atoms with Crippen LogP contribution in [0, 0.1) is 17.8 Å². The Morgan fingerprint density at radius 2 is 1.98 bits per heavy atom. The maximum absolute atomic E-state index is 13.7. The van der Waals surface area contributed by atoms with Gasteiger partial charge in [-0.1, -0.05) is 30.9 Å². The van der Waals surface area contributed by atoms with Crippen LogP contribution < -0.4 is 18.9 Å². The van der Waals surface area contributed by atoms with Gasteiger partial charge in [-0.05, 0) is 43.3 Å². The van der Waals surface area contributed by atoms with Crippen LogP contribution in [0.15, 0.2) is 54.7 Å². The number of nitrogens with zero attached hydrogens (tertiary/aromatic N) is 3. The number of aliphatic hydroxyl groups is 1. The second-order valence-electron chi connectivity index (χ2n) is 10.4. The molecule has 0 fully saturated rings. The highest BCUT2D eigenvalue weighted by Gasteiger charge is 2.35. The molecule has 10 heteroatoms. The third-order valence-electron chi connectivity index (χ3n) is 7.39. The quantitative estimate of drug-likeness (QED) is 0.449. The van der Waals surface area contributed by atoms with Crippen LogP contribution in [0.1, 0.15) is 45.7 Å². The summed E-state index contributed by atoms with van der Waals surface area (Å²) < 4.78 is 22.5. The maximum atomic E-state index is 13.7. The van der Waals surface area contributed by atoms with Gasteiger partial charge < -0.3 is 33.9 Å². The molecule has 10 nitrogen and oxygen atoms in total. The number of methoxy groups -OCH3 is 1. The molecule has 0 bridgehead atoms. The van der Waals surface area contributed by atoms with Gasteiger partial charge in [0.25, 0.3) is 11.8 Å². The van der Waals surface area contributed by atoms with Gasteiger partial charge in [0.1, 0.15) is 17.4 Å². The highest BCUT2D eigenvalue weighted by molar-refractivity contribution is 5.97. The first kappa shape index (κ1) is 28.8. The number of benzene rings is 2. The minimum Gasteiger partial charge on any atom is -0.495 e. The number of aliphatic hydroxyl groups excluding tert-OH is 1. The van der Waals surface area contributed by atoms with E-state index in [0.717, 1.165) is 0 Å². The summed E-state index contributed by atoms with van der Waals surface area (Å²) in [4.78, 5) is 34.7. The molecule has 0 radical (unpaired) electrons. The third kappa shape index (κ3) is 5.97. The molecule has 218 valence electrons. The fraction of sp³-hybridized carbons (Fsp3) is 0.344. The van der Waals surface area contributed by atoms with Crippen LogP contribution in [-0.4, -0.2) is 84.5 Å². The van der Waals surface area contributed by atoms with Crippen molar-refractivity contribution in [2.24, 2.45) is 5.92 Å². The van der Waals surface area contributed by atoms with Crippen molar-refractivity contribution in [3.8, 4) is 35.0 Å². The molecule has 3 atom stereocenters. The zero-order chi connectivity index (χ0) is 29.8. The topological polar surface area (TPSA) is 111 Å². The van der Waals surface area contributed by atoms with E-state index in [9.17, 15) is 14.7 Å². The summed E-state index contributed by atoms with van der Waals surface area (Å²) in [5, 5.41) is 9.95. The molecule has 1 N–H and O–H groups in total. The van der Waals surface area contributed by atoms with Crippen LogP contribution in [0.4, 0.5) is 0 Å². The first-order valence-corrected chi connectivity index (χ1v) is 13.7. The monoisotopic (exact) mass is 571 g/mol. The van der Waals surface area contributed by atoms with Crippen molar-refractivity contribution in [1.29, 1.82) is 0 Å². The second-order valence-corrected chi connectivity index (χ2v) is 10.4. The number of ether oxygens (including phenoxy) is 4. The summed E-state index contributed by atoms with van der Waals surface area (Å²) in [5.74, 6) is 7.36. The van der Waals surface area contributed by atoms with Crippen molar-refractivity contribution in [2.75, 3.05) is 40.6 Å². The normalized spacial score (nSPS) is 18.0. The Bertz CT molecular complexity index is 1550. The molecule has 42 heavy (non-hydrogen) atoms. The molecular formula is C32H33N3O7. The summed E-state index contributed by atoms with van der Waals surface area (Å²) in [6.07, 6.45) is 1.06. The summed E-state index contributed by atoms with van der Waals surface area (Å²) in [7, 11) is 3.28. The average Bonchev–Trinajstić information content (AvgIpc) is 3.49. The molecule has 2 aromatic carbocycles. The predicted octanol–water partition coefficient (Wildman–Crippen LogP) is 3.21. The molecule has 3 aromatic rings. The molecule has 2 amide bonds. The number of hydrogen-bond donors (Lipinski definition) is 1. The van der Waals surface area contributed by atoms with Crippen molar-refractivity contribution in [2.45, 2.75) is 26.0 Å². The first-order valence-electron chi connectivity index (χ1n) is 13.7. The van der Waals surface area contributed by atoms with Crippen molar-refractivity contribution < 1.29 is 33.6 Å². The molecule has 2 aliphatic heterocycles. The Kier molecular flexibility index (Phi) is 8.50. The van der Waals surface area contributed by atoms with Gasteiger partial charge in [-0.25, -0.2) is 4.98 Å². The largest absolute Gasteiger partial charge is 0.495 e. The van der Waals surface area contributed by atoms with Crippen LogP contribution in [0.2, 0.25) is 0 Å². The number of hydrogen-bond acceptors (Lipinski definition) is 8. The van der Waals surface area contributed by atoms with Gasteiger partial charge in [-0.3, -0.25) is 9.59 Å². The zero-order valence-electron chi connectivity index (χ0n) is 24.0. The van der Waals surface area contributed by atoms with Gasteiger partial charge in [0.05, 0.1) is 31.9 Å². The van der Waals surface area contributed by atoms with E-state index >= 15 is 0 Å². The van der Waals surface area contributed by atoms with Gasteiger partial charge >= 0.3 is 0 Å². The van der Waals surface area contributed by atoms with E-state index in [1.807, 2.05) is 31.2 Å². The van der Waals surface area contributed by atoms with Crippen LogP contribution in [0.25, 0.3) is 0 Å². The summed E-state index contributed by atoms with van der Waals surface area (Å²) in [6.45, 7) is 4.20. The van der Waals surface area contributed by atoms with Gasteiger partial charge in [0.15, 0.2) is 11.5 Å². The molecule has 0 aliphatic carbocycles. The van der Waals surface area contributed by atoms with E-state index in [4.69, 9.17) is 18.9 Å². The molecule has 0 unspecified atom stereocenters. The van der Waals surface area contributed by atoms with E-state index in [2.05, 4.69) is 16.8 Å². The molecule has 5 rings (SSSR count). The molecule has 0 saturated carbocycles. The molecule has 1 aromatic heterocycles. The lowest BCUT2D eigenvalue weighted by atomic mass is 9.99. The zero-order valence-corrected chi connectivity index (χ0v) is 24.0. The van der Waals surface area contributed by atoms with E-state index in [1.54, 1.807) is 61.3 Å².